The second kappa shape index (κ2) is 5.55. The van der Waals surface area contributed by atoms with Crippen LogP contribution in [0.25, 0.3) is 0 Å². The summed E-state index contributed by atoms with van der Waals surface area (Å²) in [5, 5.41) is 6.79. The second-order valence-electron chi connectivity index (χ2n) is 4.55. The van der Waals surface area contributed by atoms with E-state index in [2.05, 4.69) is 10.6 Å². The van der Waals surface area contributed by atoms with Gasteiger partial charge in [0.15, 0.2) is 0 Å². The number of hydrogen-bond acceptors (Lipinski definition) is 2. The normalized spacial score (nSPS) is 15.8. The van der Waals surface area contributed by atoms with Crippen LogP contribution in [-0.4, -0.2) is 19.0 Å². The molecule has 1 aromatic carbocycles. The lowest BCUT2D eigenvalue weighted by atomic mass is 10.0. The van der Waals surface area contributed by atoms with Gasteiger partial charge in [-0.15, -0.1) is 0 Å². The molecule has 96 valence electrons. The Balaban J connectivity index is 2.06. The van der Waals surface area contributed by atoms with Gasteiger partial charge < -0.3 is 10.6 Å². The monoisotopic (exact) mass is 264 g/mol. The van der Waals surface area contributed by atoms with Crippen molar-refractivity contribution in [2.75, 3.05) is 13.1 Å². The number of halogens is 1. The molecule has 1 saturated heterocycles. The first-order valence-electron chi connectivity index (χ1n) is 6.04. The zero-order chi connectivity index (χ0) is 13.1. The number of carbonyl (C=O) groups excluding carboxylic acids is 1. The standard InChI is InChI=1S/C14H17ClN2O/c1-9(11-7-16-8-11)14(18)17-10(2)12-5-3-4-6-13(12)15/h3-6,10,16H,7-8H2,1-2H3,(H,17,18)/t10-/m0/s1. The minimum Gasteiger partial charge on any atom is -0.346 e. The molecule has 1 fully saturated rings. The molecule has 0 unspecified atom stereocenters. The highest BCUT2D eigenvalue weighted by Gasteiger charge is 2.18. The minimum atomic E-state index is -0.0882. The average Bonchev–Trinajstić information content (AvgIpc) is 2.26. The van der Waals surface area contributed by atoms with E-state index < -0.39 is 0 Å². The van der Waals surface area contributed by atoms with Crippen molar-refractivity contribution < 1.29 is 4.79 Å². The molecule has 0 spiro atoms. The van der Waals surface area contributed by atoms with Crippen molar-refractivity contribution in [1.82, 2.24) is 10.6 Å². The van der Waals surface area contributed by atoms with Crippen molar-refractivity contribution in [1.29, 1.82) is 0 Å². The van der Waals surface area contributed by atoms with E-state index in [0.717, 1.165) is 24.2 Å². The van der Waals surface area contributed by atoms with E-state index in [1.807, 2.05) is 38.1 Å². The fourth-order valence-electron chi connectivity index (χ4n) is 1.88. The molecule has 0 radical (unpaired) electrons. The van der Waals surface area contributed by atoms with Gasteiger partial charge in [-0.25, -0.2) is 0 Å². The molecule has 3 nitrogen and oxygen atoms in total. The molecule has 0 saturated carbocycles. The molecule has 1 aromatic rings. The van der Waals surface area contributed by atoms with Gasteiger partial charge in [0.2, 0.25) is 5.91 Å². The number of carbonyl (C=O) groups is 1. The molecular formula is C14H17ClN2O. The lowest BCUT2D eigenvalue weighted by Crippen LogP contribution is -2.38. The van der Waals surface area contributed by atoms with Crippen LogP contribution < -0.4 is 10.6 Å². The molecule has 2 N–H and O–H groups in total. The number of amides is 1. The van der Waals surface area contributed by atoms with Crippen LogP contribution in [0.3, 0.4) is 0 Å². The summed E-state index contributed by atoms with van der Waals surface area (Å²) >= 11 is 6.11. The second-order valence-corrected chi connectivity index (χ2v) is 4.96. The van der Waals surface area contributed by atoms with Crippen LogP contribution in [-0.2, 0) is 4.79 Å². The van der Waals surface area contributed by atoms with Crippen molar-refractivity contribution in [3.05, 3.63) is 46.0 Å². The zero-order valence-corrected chi connectivity index (χ0v) is 11.3. The summed E-state index contributed by atoms with van der Waals surface area (Å²) in [5.74, 6) is -0.0149. The van der Waals surface area contributed by atoms with Crippen molar-refractivity contribution in [3.8, 4) is 0 Å². The molecular weight excluding hydrogens is 248 g/mol. The molecule has 1 heterocycles. The molecule has 1 amide bonds. The Bertz CT molecular complexity index is 490. The van der Waals surface area contributed by atoms with Crippen molar-refractivity contribution >= 4 is 17.5 Å². The third-order valence-electron chi connectivity index (χ3n) is 3.27. The first kappa shape index (κ1) is 13.1. The van der Waals surface area contributed by atoms with Gasteiger partial charge in [0.05, 0.1) is 6.04 Å². The van der Waals surface area contributed by atoms with Crippen LogP contribution in [0.2, 0.25) is 5.02 Å². The average molecular weight is 265 g/mol. The maximum atomic E-state index is 12.0. The highest BCUT2D eigenvalue weighted by Crippen LogP contribution is 2.22. The van der Waals surface area contributed by atoms with Crippen LogP contribution in [0.5, 0.6) is 0 Å². The highest BCUT2D eigenvalue weighted by atomic mass is 35.5. The van der Waals surface area contributed by atoms with Gasteiger partial charge in [-0.1, -0.05) is 29.8 Å². The van der Waals surface area contributed by atoms with Crippen LogP contribution in [0.15, 0.2) is 35.4 Å². The number of nitrogens with one attached hydrogen (secondary N) is 2. The van der Waals surface area contributed by atoms with Crippen LogP contribution in [0, 0.1) is 0 Å². The predicted molar refractivity (Wildman–Crippen MR) is 73.6 cm³/mol. The van der Waals surface area contributed by atoms with Gasteiger partial charge >= 0.3 is 0 Å². The summed E-state index contributed by atoms with van der Waals surface area (Å²) in [7, 11) is 0. The third-order valence-corrected chi connectivity index (χ3v) is 3.61. The first-order chi connectivity index (χ1) is 8.59. The Labute approximate surface area is 112 Å². The number of rotatable bonds is 3. The smallest absolute Gasteiger partial charge is 0.247 e. The summed E-state index contributed by atoms with van der Waals surface area (Å²) in [6.07, 6.45) is 0. The summed E-state index contributed by atoms with van der Waals surface area (Å²) in [5.41, 5.74) is 2.93. The molecule has 18 heavy (non-hydrogen) atoms. The van der Waals surface area contributed by atoms with Crippen molar-refractivity contribution in [2.45, 2.75) is 19.9 Å². The van der Waals surface area contributed by atoms with E-state index in [1.54, 1.807) is 0 Å². The molecule has 0 aromatic heterocycles. The van der Waals surface area contributed by atoms with Crippen molar-refractivity contribution in [2.24, 2.45) is 0 Å². The molecule has 1 atom stereocenters. The topological polar surface area (TPSA) is 41.1 Å². The fourth-order valence-corrected chi connectivity index (χ4v) is 2.18. The van der Waals surface area contributed by atoms with E-state index in [4.69, 9.17) is 11.6 Å². The lowest BCUT2D eigenvalue weighted by Gasteiger charge is -2.23. The Morgan fingerprint density at radius 2 is 2.06 bits per heavy atom. The molecule has 4 heteroatoms. The molecule has 2 rings (SSSR count). The zero-order valence-electron chi connectivity index (χ0n) is 10.6. The van der Waals surface area contributed by atoms with Gasteiger partial charge in [0, 0.05) is 23.7 Å². The van der Waals surface area contributed by atoms with Gasteiger partial charge in [0.1, 0.15) is 0 Å². The fraction of sp³-hybridized carbons (Fsp3) is 0.357. The van der Waals surface area contributed by atoms with Crippen molar-refractivity contribution in [3.63, 3.8) is 0 Å². The van der Waals surface area contributed by atoms with E-state index >= 15 is 0 Å². The minimum absolute atomic E-state index is 0.0149. The molecule has 0 aliphatic carbocycles. The predicted octanol–water partition coefficient (Wildman–Crippen LogP) is 2.44. The number of benzene rings is 1. The maximum absolute atomic E-state index is 12.0. The van der Waals surface area contributed by atoms with Gasteiger partial charge in [0.25, 0.3) is 0 Å². The summed E-state index contributed by atoms with van der Waals surface area (Å²) in [4.78, 5) is 12.0. The molecule has 1 aliphatic heterocycles. The Morgan fingerprint density at radius 1 is 1.39 bits per heavy atom. The third kappa shape index (κ3) is 2.74. The lowest BCUT2D eigenvalue weighted by molar-refractivity contribution is -0.118. The Morgan fingerprint density at radius 3 is 2.61 bits per heavy atom. The summed E-state index contributed by atoms with van der Waals surface area (Å²) in [6, 6.07) is 7.48. The quantitative estimate of drug-likeness (QED) is 0.824. The summed E-state index contributed by atoms with van der Waals surface area (Å²) < 4.78 is 0. The van der Waals surface area contributed by atoms with Gasteiger partial charge in [-0.2, -0.15) is 0 Å². The maximum Gasteiger partial charge on any atom is 0.247 e. The Hall–Kier alpha value is -1.32. The van der Waals surface area contributed by atoms with Gasteiger partial charge in [-0.3, -0.25) is 4.79 Å². The first-order valence-corrected chi connectivity index (χ1v) is 6.42. The highest BCUT2D eigenvalue weighted by molar-refractivity contribution is 6.31. The number of hydrogen-bond donors (Lipinski definition) is 2. The summed E-state index contributed by atoms with van der Waals surface area (Å²) in [6.45, 7) is 5.44. The van der Waals surface area contributed by atoms with Crippen LogP contribution >= 0.6 is 11.6 Å². The van der Waals surface area contributed by atoms with Gasteiger partial charge in [-0.05, 0) is 31.1 Å². The van der Waals surface area contributed by atoms with E-state index in [0.29, 0.717) is 5.02 Å². The SMILES string of the molecule is CC(C(=O)N[C@@H](C)c1ccccc1Cl)=C1CNC1. The Kier molecular flexibility index (Phi) is 4.04. The van der Waals surface area contributed by atoms with Crippen LogP contribution in [0.1, 0.15) is 25.5 Å². The largest absolute Gasteiger partial charge is 0.346 e. The van der Waals surface area contributed by atoms with Crippen LogP contribution in [0.4, 0.5) is 0 Å². The molecule has 0 bridgehead atoms. The molecule has 1 aliphatic rings. The van der Waals surface area contributed by atoms with E-state index in [-0.39, 0.29) is 11.9 Å². The van der Waals surface area contributed by atoms with E-state index in [9.17, 15) is 4.79 Å². The van der Waals surface area contributed by atoms with E-state index in [1.165, 1.54) is 5.57 Å².